The zero-order valence-electron chi connectivity index (χ0n) is 15.5. The highest BCUT2D eigenvalue weighted by molar-refractivity contribution is 5.79. The second-order valence-corrected chi connectivity index (χ2v) is 6.21. The first-order chi connectivity index (χ1) is 13.9. The average molecular weight is 397 g/mol. The summed E-state index contributed by atoms with van der Waals surface area (Å²) in [5, 5.41) is 15.7. The molecule has 0 aliphatic rings. The van der Waals surface area contributed by atoms with Gasteiger partial charge in [0.05, 0.1) is 23.0 Å². The maximum absolute atomic E-state index is 12.2. The number of nitrogens with zero attached hydrogens (tertiary/aromatic N) is 1. The molecule has 0 aromatic heterocycles. The van der Waals surface area contributed by atoms with E-state index >= 15 is 0 Å². The van der Waals surface area contributed by atoms with E-state index in [9.17, 15) is 18.4 Å². The van der Waals surface area contributed by atoms with E-state index in [1.807, 2.05) is 36.4 Å². The van der Waals surface area contributed by atoms with Crippen LogP contribution in [0.3, 0.4) is 0 Å². The van der Waals surface area contributed by atoms with Crippen molar-refractivity contribution in [3.8, 4) is 22.9 Å². The number of benzene rings is 3. The minimum atomic E-state index is -4.70. The summed E-state index contributed by atoms with van der Waals surface area (Å²) in [7, 11) is 1.80. The fourth-order valence-electron chi connectivity index (χ4n) is 2.91. The Kier molecular flexibility index (Phi) is 5.93. The largest absolute Gasteiger partial charge is 0.573 e. The summed E-state index contributed by atoms with van der Waals surface area (Å²) in [5.74, 6) is -0.252. The number of nitriles is 1. The van der Waals surface area contributed by atoms with Crippen LogP contribution in [0.5, 0.6) is 5.75 Å². The lowest BCUT2D eigenvalue weighted by molar-refractivity contribution is -0.274. The lowest BCUT2D eigenvalue weighted by atomic mass is 9.99. The van der Waals surface area contributed by atoms with E-state index in [1.54, 1.807) is 25.2 Å². The van der Waals surface area contributed by atoms with Crippen LogP contribution in [0.2, 0.25) is 0 Å². The zero-order chi connectivity index (χ0) is 20.9. The Balaban J connectivity index is 1.74. The van der Waals surface area contributed by atoms with E-state index < -0.39 is 6.36 Å². The van der Waals surface area contributed by atoms with Crippen molar-refractivity contribution in [1.29, 1.82) is 5.26 Å². The third-order valence-corrected chi connectivity index (χ3v) is 4.29. The van der Waals surface area contributed by atoms with Gasteiger partial charge in [0.1, 0.15) is 5.75 Å². The topological polar surface area (TPSA) is 57.1 Å². The van der Waals surface area contributed by atoms with E-state index in [0.717, 1.165) is 28.1 Å². The molecule has 0 aliphatic carbocycles. The Morgan fingerprint density at radius 2 is 1.69 bits per heavy atom. The smallest absolute Gasteiger partial charge is 0.406 e. The van der Waals surface area contributed by atoms with Gasteiger partial charge in [-0.15, -0.1) is 13.2 Å². The highest BCUT2D eigenvalue weighted by Crippen LogP contribution is 2.31. The summed E-state index contributed by atoms with van der Waals surface area (Å²) in [6.07, 6.45) is -4.70. The van der Waals surface area contributed by atoms with Crippen molar-refractivity contribution in [3.63, 3.8) is 0 Å². The number of nitrogens with one attached hydrogen (secondary N) is 2. The first kappa shape index (κ1) is 20.1. The van der Waals surface area contributed by atoms with Crippen molar-refractivity contribution in [1.82, 2.24) is 0 Å². The highest BCUT2D eigenvalue weighted by Gasteiger charge is 2.30. The second-order valence-electron chi connectivity index (χ2n) is 6.21. The Morgan fingerprint density at radius 1 is 0.966 bits per heavy atom. The summed E-state index contributed by atoms with van der Waals surface area (Å²) in [4.78, 5) is 0. The van der Waals surface area contributed by atoms with Crippen LogP contribution in [0.4, 0.5) is 24.5 Å². The standard InChI is InChI=1S/C22H18F3N3O/c1-27-21-12-16(19-5-3-2-4-17(19)13-26)8-11-20(21)28-14-15-6-9-18(10-7-15)29-22(23,24)25/h2-12,27-28H,14H2,1H3. The molecule has 0 aliphatic heterocycles. The SMILES string of the molecule is CNc1cc(-c2ccccc2C#N)ccc1NCc1ccc(OC(F)(F)F)cc1. The van der Waals surface area contributed by atoms with Gasteiger partial charge in [-0.25, -0.2) is 0 Å². The number of anilines is 2. The molecule has 3 aromatic carbocycles. The minimum Gasteiger partial charge on any atom is -0.406 e. The van der Waals surface area contributed by atoms with Gasteiger partial charge in [-0.1, -0.05) is 36.4 Å². The molecule has 0 bridgehead atoms. The average Bonchev–Trinajstić information content (AvgIpc) is 2.72. The molecule has 3 rings (SSSR count). The van der Waals surface area contributed by atoms with E-state index in [0.29, 0.717) is 12.1 Å². The van der Waals surface area contributed by atoms with E-state index in [1.165, 1.54) is 12.1 Å². The number of halogens is 3. The first-order valence-corrected chi connectivity index (χ1v) is 8.79. The first-order valence-electron chi connectivity index (χ1n) is 8.79. The fraction of sp³-hybridized carbons (Fsp3) is 0.136. The molecule has 0 unspecified atom stereocenters. The second kappa shape index (κ2) is 8.57. The summed E-state index contributed by atoms with van der Waals surface area (Å²) in [6, 6.07) is 21.0. The van der Waals surface area contributed by atoms with Crippen LogP contribution in [0.25, 0.3) is 11.1 Å². The van der Waals surface area contributed by atoms with Crippen LogP contribution in [-0.2, 0) is 6.54 Å². The molecule has 3 aromatic rings. The molecule has 4 nitrogen and oxygen atoms in total. The quantitative estimate of drug-likeness (QED) is 0.554. The van der Waals surface area contributed by atoms with Crippen molar-refractivity contribution in [3.05, 3.63) is 77.9 Å². The van der Waals surface area contributed by atoms with Crippen LogP contribution in [0.15, 0.2) is 66.7 Å². The van der Waals surface area contributed by atoms with Gasteiger partial charge in [-0.05, 0) is 47.0 Å². The third kappa shape index (κ3) is 5.20. The van der Waals surface area contributed by atoms with Crippen molar-refractivity contribution in [2.45, 2.75) is 12.9 Å². The number of ether oxygens (including phenoxy) is 1. The maximum atomic E-state index is 12.2. The Labute approximate surface area is 166 Å². The Bertz CT molecular complexity index is 1020. The molecule has 2 N–H and O–H groups in total. The van der Waals surface area contributed by atoms with Gasteiger partial charge >= 0.3 is 6.36 Å². The van der Waals surface area contributed by atoms with Crippen molar-refractivity contribution < 1.29 is 17.9 Å². The summed E-state index contributed by atoms with van der Waals surface area (Å²) in [5.41, 5.74) is 4.83. The molecule has 0 amide bonds. The van der Waals surface area contributed by atoms with Gasteiger partial charge in [-0.3, -0.25) is 0 Å². The number of hydrogen-bond acceptors (Lipinski definition) is 4. The summed E-state index contributed by atoms with van der Waals surface area (Å²) < 4.78 is 40.6. The molecule has 7 heteroatoms. The molecule has 0 spiro atoms. The van der Waals surface area contributed by atoms with E-state index in [-0.39, 0.29) is 5.75 Å². The summed E-state index contributed by atoms with van der Waals surface area (Å²) in [6.45, 7) is 0.426. The lowest BCUT2D eigenvalue weighted by Crippen LogP contribution is -2.17. The molecule has 0 heterocycles. The van der Waals surface area contributed by atoms with Gasteiger partial charge in [0.25, 0.3) is 0 Å². The van der Waals surface area contributed by atoms with Crippen molar-refractivity contribution in [2.24, 2.45) is 0 Å². The normalized spacial score (nSPS) is 10.9. The molecular weight excluding hydrogens is 379 g/mol. The molecule has 0 fully saturated rings. The molecule has 0 saturated heterocycles. The lowest BCUT2D eigenvalue weighted by Gasteiger charge is -2.15. The van der Waals surface area contributed by atoms with E-state index in [2.05, 4.69) is 21.4 Å². The number of hydrogen-bond donors (Lipinski definition) is 2. The van der Waals surface area contributed by atoms with Gasteiger partial charge in [0, 0.05) is 13.6 Å². The predicted octanol–water partition coefficient (Wildman–Crippen LogP) is 5.78. The van der Waals surface area contributed by atoms with Gasteiger partial charge < -0.3 is 15.4 Å². The number of alkyl halides is 3. The molecule has 0 saturated carbocycles. The Morgan fingerprint density at radius 3 is 2.34 bits per heavy atom. The van der Waals surface area contributed by atoms with Crippen LogP contribution in [0, 0.1) is 11.3 Å². The molecular formula is C22H18F3N3O. The van der Waals surface area contributed by atoms with Crippen LogP contribution < -0.4 is 15.4 Å². The molecule has 0 radical (unpaired) electrons. The summed E-state index contributed by atoms with van der Waals surface area (Å²) >= 11 is 0. The molecule has 0 atom stereocenters. The molecule has 29 heavy (non-hydrogen) atoms. The van der Waals surface area contributed by atoms with Crippen molar-refractivity contribution >= 4 is 11.4 Å². The predicted molar refractivity (Wildman–Crippen MR) is 107 cm³/mol. The maximum Gasteiger partial charge on any atom is 0.573 e. The van der Waals surface area contributed by atoms with Gasteiger partial charge in [-0.2, -0.15) is 5.26 Å². The van der Waals surface area contributed by atoms with E-state index in [4.69, 9.17) is 0 Å². The zero-order valence-corrected chi connectivity index (χ0v) is 15.5. The third-order valence-electron chi connectivity index (χ3n) is 4.29. The van der Waals surface area contributed by atoms with Crippen molar-refractivity contribution in [2.75, 3.05) is 17.7 Å². The fourth-order valence-corrected chi connectivity index (χ4v) is 2.91. The molecule has 148 valence electrons. The number of rotatable bonds is 6. The minimum absolute atomic E-state index is 0.252. The Hall–Kier alpha value is -3.66. The van der Waals surface area contributed by atoms with Crippen LogP contribution >= 0.6 is 0 Å². The monoisotopic (exact) mass is 397 g/mol. The van der Waals surface area contributed by atoms with Crippen LogP contribution in [-0.4, -0.2) is 13.4 Å². The highest BCUT2D eigenvalue weighted by atomic mass is 19.4. The van der Waals surface area contributed by atoms with Gasteiger partial charge in [0.2, 0.25) is 0 Å². The van der Waals surface area contributed by atoms with Crippen LogP contribution in [0.1, 0.15) is 11.1 Å². The van der Waals surface area contributed by atoms with Gasteiger partial charge in [0.15, 0.2) is 0 Å².